The van der Waals surface area contributed by atoms with Crippen LogP contribution in [-0.2, 0) is 24.3 Å². The normalized spacial score (nSPS) is 15.2. The summed E-state index contributed by atoms with van der Waals surface area (Å²) in [7, 11) is -2.47. The van der Waals surface area contributed by atoms with Gasteiger partial charge in [-0.1, -0.05) is 54.2 Å². The van der Waals surface area contributed by atoms with Crippen molar-refractivity contribution >= 4 is 39.3 Å². The molecule has 8 nitrogen and oxygen atoms in total. The van der Waals surface area contributed by atoms with Gasteiger partial charge in [-0.05, 0) is 44.2 Å². The molecule has 0 radical (unpaired) electrons. The maximum absolute atomic E-state index is 13.0. The molecule has 1 amide bonds. The van der Waals surface area contributed by atoms with Crippen molar-refractivity contribution in [2.45, 2.75) is 13.8 Å². The van der Waals surface area contributed by atoms with Crippen LogP contribution in [0.2, 0.25) is 0 Å². The van der Waals surface area contributed by atoms with Gasteiger partial charge in [0.25, 0.3) is 5.91 Å². The van der Waals surface area contributed by atoms with Crippen molar-refractivity contribution in [3.05, 3.63) is 75.1 Å². The predicted molar refractivity (Wildman–Crippen MR) is 126 cm³/mol. The quantitative estimate of drug-likeness (QED) is 0.245. The Hall–Kier alpha value is -3.08. The average molecular weight is 474 g/mol. The molecule has 1 aliphatic heterocycles. The van der Waals surface area contributed by atoms with Crippen molar-refractivity contribution in [1.82, 2.24) is 10.0 Å². The number of rotatable bonds is 7. The molecule has 0 atom stereocenters. The zero-order valence-corrected chi connectivity index (χ0v) is 19.4. The Morgan fingerprint density at radius 2 is 1.66 bits per heavy atom. The van der Waals surface area contributed by atoms with Gasteiger partial charge in [0.2, 0.25) is 10.0 Å². The summed E-state index contributed by atoms with van der Waals surface area (Å²) in [5, 5.41) is 5.60. The van der Waals surface area contributed by atoms with Crippen molar-refractivity contribution in [1.29, 1.82) is 0 Å². The van der Waals surface area contributed by atoms with E-state index in [9.17, 15) is 18.0 Å². The lowest BCUT2D eigenvalue weighted by Crippen LogP contribution is -2.26. The van der Waals surface area contributed by atoms with E-state index in [4.69, 9.17) is 4.74 Å². The Labute approximate surface area is 191 Å². The number of sulfonamides is 1. The second-order valence-corrected chi connectivity index (χ2v) is 9.77. The Morgan fingerprint density at radius 1 is 1.03 bits per heavy atom. The number of anilines is 1. The van der Waals surface area contributed by atoms with Crippen molar-refractivity contribution in [3.8, 4) is 11.1 Å². The summed E-state index contributed by atoms with van der Waals surface area (Å²) < 4.78 is 31.7. The van der Waals surface area contributed by atoms with Gasteiger partial charge in [-0.15, -0.1) is 0 Å². The highest BCUT2D eigenvalue weighted by atomic mass is 32.3. The van der Waals surface area contributed by atoms with E-state index in [-0.39, 0.29) is 21.4 Å². The molecule has 0 aromatic heterocycles. The molecular formula is C22H23N3O5S2. The highest BCUT2D eigenvalue weighted by Crippen LogP contribution is 2.38. The molecule has 1 heterocycles. The van der Waals surface area contributed by atoms with E-state index in [1.165, 1.54) is 7.05 Å². The lowest BCUT2D eigenvalue weighted by atomic mass is 10.1. The van der Waals surface area contributed by atoms with Crippen LogP contribution in [-0.4, -0.2) is 33.9 Å². The van der Waals surface area contributed by atoms with Gasteiger partial charge in [-0.25, -0.2) is 17.9 Å². The molecule has 0 saturated carbocycles. The van der Waals surface area contributed by atoms with E-state index in [0.717, 1.165) is 22.9 Å². The number of benzene rings is 2. The summed E-state index contributed by atoms with van der Waals surface area (Å²) >= 11 is 0.787. The summed E-state index contributed by atoms with van der Waals surface area (Å²) in [6.45, 7) is 3.23. The molecule has 32 heavy (non-hydrogen) atoms. The van der Waals surface area contributed by atoms with Gasteiger partial charge in [0.05, 0.1) is 11.6 Å². The van der Waals surface area contributed by atoms with Crippen LogP contribution in [0, 0.1) is 0 Å². The van der Waals surface area contributed by atoms with Crippen LogP contribution < -0.4 is 15.4 Å². The Morgan fingerprint density at radius 3 is 2.25 bits per heavy atom. The number of amides is 1. The third-order valence-electron chi connectivity index (χ3n) is 4.50. The molecule has 2 aromatic rings. The standard InChI is InChI=1S/C22H23N3O5S2/c1-4-30-21(27)18(20-24-14(2)22(31-20)32(28,29)23-3)19(26)25-17-12-10-16(11-13-17)15-8-6-5-7-9-15/h5-13,23-24H,4H2,1-3H3,(H,25,26)/b20-18+. The van der Waals surface area contributed by atoms with Gasteiger partial charge in [-0.2, -0.15) is 0 Å². The van der Waals surface area contributed by atoms with E-state index >= 15 is 0 Å². The van der Waals surface area contributed by atoms with Crippen LogP contribution in [0.25, 0.3) is 11.1 Å². The minimum Gasteiger partial charge on any atom is -0.462 e. The van der Waals surface area contributed by atoms with Crippen molar-refractivity contribution < 1.29 is 22.7 Å². The van der Waals surface area contributed by atoms with Gasteiger partial charge >= 0.3 is 5.97 Å². The first-order valence-corrected chi connectivity index (χ1v) is 12.0. The number of carbonyl (C=O) groups excluding carboxylic acids is 2. The number of nitrogens with one attached hydrogen (secondary N) is 3. The molecule has 168 valence electrons. The summed E-state index contributed by atoms with van der Waals surface area (Å²) in [6.07, 6.45) is 0. The maximum Gasteiger partial charge on any atom is 0.346 e. The molecule has 0 fully saturated rings. The van der Waals surface area contributed by atoms with Crippen LogP contribution in [0.1, 0.15) is 13.8 Å². The molecule has 0 bridgehead atoms. The van der Waals surface area contributed by atoms with Gasteiger partial charge < -0.3 is 15.4 Å². The highest BCUT2D eigenvalue weighted by Gasteiger charge is 2.34. The monoisotopic (exact) mass is 473 g/mol. The molecule has 2 aromatic carbocycles. The molecule has 1 aliphatic rings. The fourth-order valence-corrected chi connectivity index (χ4v) is 5.39. The zero-order valence-electron chi connectivity index (χ0n) is 17.8. The van der Waals surface area contributed by atoms with E-state index in [1.807, 2.05) is 42.5 Å². The first kappa shape index (κ1) is 23.6. The number of carbonyl (C=O) groups is 2. The average Bonchev–Trinajstić information content (AvgIpc) is 3.17. The third kappa shape index (κ3) is 5.21. The molecule has 3 rings (SSSR count). The second-order valence-electron chi connectivity index (χ2n) is 6.67. The number of hydrogen-bond acceptors (Lipinski definition) is 7. The Bertz CT molecular complexity index is 1190. The minimum atomic E-state index is -3.76. The molecule has 0 unspecified atom stereocenters. The topological polar surface area (TPSA) is 114 Å². The third-order valence-corrected chi connectivity index (χ3v) is 7.74. The summed E-state index contributed by atoms with van der Waals surface area (Å²) in [6, 6.07) is 16.9. The smallest absolute Gasteiger partial charge is 0.346 e. The van der Waals surface area contributed by atoms with Gasteiger partial charge in [0.15, 0.2) is 5.57 Å². The Kier molecular flexibility index (Phi) is 7.39. The van der Waals surface area contributed by atoms with Crippen LogP contribution >= 0.6 is 11.8 Å². The van der Waals surface area contributed by atoms with Crippen molar-refractivity contribution in [3.63, 3.8) is 0 Å². The molecule has 0 saturated heterocycles. The molecule has 0 spiro atoms. The number of thioether (sulfide) groups is 1. The Balaban J connectivity index is 1.87. The van der Waals surface area contributed by atoms with Gasteiger partial charge in [0.1, 0.15) is 4.24 Å². The molecule has 3 N–H and O–H groups in total. The van der Waals surface area contributed by atoms with Gasteiger partial charge in [-0.3, -0.25) is 4.79 Å². The minimum absolute atomic E-state index is 0.0168. The van der Waals surface area contributed by atoms with Crippen molar-refractivity contribution in [2.24, 2.45) is 0 Å². The maximum atomic E-state index is 13.0. The van der Waals surface area contributed by atoms with E-state index in [0.29, 0.717) is 11.4 Å². The molecule has 0 aliphatic carbocycles. The van der Waals surface area contributed by atoms with Crippen molar-refractivity contribution in [2.75, 3.05) is 19.0 Å². The fraction of sp³-hybridized carbons (Fsp3) is 0.182. The van der Waals surface area contributed by atoms with Crippen LogP contribution in [0.4, 0.5) is 5.69 Å². The van der Waals surface area contributed by atoms with Gasteiger partial charge in [0, 0.05) is 11.4 Å². The summed E-state index contributed by atoms with van der Waals surface area (Å²) in [4.78, 5) is 25.6. The molecule has 10 heteroatoms. The van der Waals surface area contributed by atoms with E-state index in [1.54, 1.807) is 26.0 Å². The SMILES string of the molecule is CCOC(=O)/C(C(=O)Nc1ccc(-c2ccccc2)cc1)=C1\NC(C)=C(S(=O)(=O)NC)S1. The summed E-state index contributed by atoms with van der Waals surface area (Å²) in [5.41, 5.74) is 2.49. The number of esters is 1. The first-order valence-electron chi connectivity index (χ1n) is 9.74. The lowest BCUT2D eigenvalue weighted by molar-refractivity contribution is -0.139. The molecular weight excluding hydrogens is 450 g/mol. The van der Waals surface area contributed by atoms with Crippen LogP contribution in [0.15, 0.2) is 75.1 Å². The lowest BCUT2D eigenvalue weighted by Gasteiger charge is -2.12. The highest BCUT2D eigenvalue weighted by molar-refractivity contribution is 8.20. The second kappa shape index (κ2) is 10.0. The largest absolute Gasteiger partial charge is 0.462 e. The first-order chi connectivity index (χ1) is 15.3. The zero-order chi connectivity index (χ0) is 23.3. The van der Waals surface area contributed by atoms with Crippen LogP contribution in [0.5, 0.6) is 0 Å². The number of ether oxygens (including phenoxy) is 1. The van der Waals surface area contributed by atoms with E-state index in [2.05, 4.69) is 15.4 Å². The fourth-order valence-electron chi connectivity index (χ4n) is 2.94. The van der Waals surface area contributed by atoms with E-state index < -0.39 is 21.9 Å². The number of allylic oxidation sites excluding steroid dienone is 1. The summed E-state index contributed by atoms with van der Waals surface area (Å²) in [5.74, 6) is -1.56. The predicted octanol–water partition coefficient (Wildman–Crippen LogP) is 3.14. The van der Waals surface area contributed by atoms with Crippen LogP contribution in [0.3, 0.4) is 0 Å². The number of hydrogen-bond donors (Lipinski definition) is 3.